The van der Waals surface area contributed by atoms with E-state index in [4.69, 9.17) is 9.47 Å². The highest BCUT2D eigenvalue weighted by molar-refractivity contribution is 14.1. The summed E-state index contributed by atoms with van der Waals surface area (Å²) in [6, 6.07) is 7.64. The summed E-state index contributed by atoms with van der Waals surface area (Å²) in [5, 5.41) is 0. The van der Waals surface area contributed by atoms with Crippen molar-refractivity contribution in [2.75, 3.05) is 26.3 Å². The van der Waals surface area contributed by atoms with Crippen molar-refractivity contribution in [2.45, 2.75) is 43.9 Å². The number of halogens is 1. The van der Waals surface area contributed by atoms with Gasteiger partial charge in [0.15, 0.2) is 5.79 Å². The zero-order valence-electron chi connectivity index (χ0n) is 12.3. The molecule has 114 valence electrons. The van der Waals surface area contributed by atoms with Gasteiger partial charge in [0, 0.05) is 35.5 Å². The second-order valence-corrected chi connectivity index (χ2v) is 7.70. The van der Waals surface area contributed by atoms with Gasteiger partial charge in [-0.15, -0.1) is 0 Å². The van der Waals surface area contributed by atoms with Crippen molar-refractivity contribution in [1.29, 1.82) is 0 Å². The van der Waals surface area contributed by atoms with Gasteiger partial charge in [0.2, 0.25) is 0 Å². The molecule has 3 aliphatic rings. The van der Waals surface area contributed by atoms with Crippen LogP contribution in [0.25, 0.3) is 0 Å². The molecule has 2 fully saturated rings. The van der Waals surface area contributed by atoms with Crippen LogP contribution < -0.4 is 0 Å². The van der Waals surface area contributed by atoms with Crippen molar-refractivity contribution < 1.29 is 9.47 Å². The summed E-state index contributed by atoms with van der Waals surface area (Å²) in [4.78, 5) is 2.66. The maximum Gasteiger partial charge on any atom is 0.170 e. The Kier molecular flexibility index (Phi) is 3.98. The Morgan fingerprint density at radius 2 is 1.86 bits per heavy atom. The van der Waals surface area contributed by atoms with E-state index in [0.717, 1.165) is 39.1 Å². The van der Waals surface area contributed by atoms with Crippen LogP contribution in [-0.4, -0.2) is 43.0 Å². The maximum absolute atomic E-state index is 5.84. The minimum Gasteiger partial charge on any atom is -0.347 e. The molecule has 0 saturated carbocycles. The largest absolute Gasteiger partial charge is 0.347 e. The normalized spacial score (nSPS) is 28.7. The molecule has 21 heavy (non-hydrogen) atoms. The molecule has 0 aromatic heterocycles. The first-order valence-corrected chi connectivity index (χ1v) is 9.11. The van der Waals surface area contributed by atoms with Gasteiger partial charge in [-0.1, -0.05) is 6.07 Å². The van der Waals surface area contributed by atoms with E-state index in [1.54, 1.807) is 11.1 Å². The molecular formula is C17H22INO2. The average Bonchev–Trinajstić information content (AvgIpc) is 2.96. The predicted molar refractivity (Wildman–Crippen MR) is 90.4 cm³/mol. The van der Waals surface area contributed by atoms with Crippen molar-refractivity contribution in [3.8, 4) is 0 Å². The standard InChI is InChI=1S/C17H22INO2/c18-15-3-1-14-12-16(4-2-13(14)11-15)19-7-5-17(6-8-19)20-9-10-21-17/h1,3,11,16H,2,4-10,12H2/t16-/m1/s1. The second kappa shape index (κ2) is 5.80. The van der Waals surface area contributed by atoms with E-state index < -0.39 is 0 Å². The van der Waals surface area contributed by atoms with Crippen molar-refractivity contribution in [3.05, 3.63) is 32.9 Å². The zero-order valence-corrected chi connectivity index (χ0v) is 14.5. The van der Waals surface area contributed by atoms with E-state index in [-0.39, 0.29) is 5.79 Å². The smallest absolute Gasteiger partial charge is 0.170 e. The quantitative estimate of drug-likeness (QED) is 0.678. The highest BCUT2D eigenvalue weighted by Crippen LogP contribution is 2.34. The number of hydrogen-bond acceptors (Lipinski definition) is 3. The van der Waals surface area contributed by atoms with E-state index in [1.807, 2.05) is 0 Å². The van der Waals surface area contributed by atoms with E-state index in [9.17, 15) is 0 Å². The van der Waals surface area contributed by atoms with E-state index in [2.05, 4.69) is 45.7 Å². The average molecular weight is 399 g/mol. The fourth-order valence-corrected chi connectivity index (χ4v) is 4.59. The fraction of sp³-hybridized carbons (Fsp3) is 0.647. The SMILES string of the molecule is Ic1ccc2c(c1)CC[C@@H](N1CCC3(CC1)OCCO3)C2. The Morgan fingerprint density at radius 3 is 2.62 bits per heavy atom. The number of hydrogen-bond donors (Lipinski definition) is 0. The summed E-state index contributed by atoms with van der Waals surface area (Å²) in [5.74, 6) is -0.237. The lowest BCUT2D eigenvalue weighted by Crippen LogP contribution is -2.50. The second-order valence-electron chi connectivity index (χ2n) is 6.45. The third-order valence-corrected chi connectivity index (χ3v) is 5.93. The Hall–Kier alpha value is -0.170. The van der Waals surface area contributed by atoms with Gasteiger partial charge in [-0.2, -0.15) is 0 Å². The van der Waals surface area contributed by atoms with Crippen LogP contribution in [0.3, 0.4) is 0 Å². The molecule has 1 spiro atoms. The lowest BCUT2D eigenvalue weighted by Gasteiger charge is -2.42. The van der Waals surface area contributed by atoms with E-state index in [1.165, 1.54) is 22.8 Å². The maximum atomic E-state index is 5.84. The Bertz CT molecular complexity index is 518. The number of aryl methyl sites for hydroxylation is 1. The molecule has 0 N–H and O–H groups in total. The summed E-state index contributed by atoms with van der Waals surface area (Å²) in [6.45, 7) is 3.78. The molecule has 0 radical (unpaired) electrons. The van der Waals surface area contributed by atoms with Crippen molar-refractivity contribution in [2.24, 2.45) is 0 Å². The zero-order chi connectivity index (χ0) is 14.3. The molecule has 2 aliphatic heterocycles. The molecular weight excluding hydrogens is 377 g/mol. The number of ether oxygens (including phenoxy) is 2. The molecule has 3 nitrogen and oxygen atoms in total. The Balaban J connectivity index is 1.41. The minimum absolute atomic E-state index is 0.237. The molecule has 4 rings (SSSR count). The highest BCUT2D eigenvalue weighted by atomic mass is 127. The monoisotopic (exact) mass is 399 g/mol. The third-order valence-electron chi connectivity index (χ3n) is 5.26. The molecule has 2 heterocycles. The number of nitrogens with zero attached hydrogens (tertiary/aromatic N) is 1. The molecule has 4 heteroatoms. The molecule has 1 aliphatic carbocycles. The van der Waals surface area contributed by atoms with Crippen LogP contribution >= 0.6 is 22.6 Å². The summed E-state index contributed by atoms with van der Waals surface area (Å²) in [6.07, 6.45) is 5.79. The van der Waals surface area contributed by atoms with Crippen molar-refractivity contribution in [3.63, 3.8) is 0 Å². The molecule has 2 saturated heterocycles. The summed E-state index contributed by atoms with van der Waals surface area (Å²) < 4.78 is 13.0. The lowest BCUT2D eigenvalue weighted by molar-refractivity contribution is -0.188. The lowest BCUT2D eigenvalue weighted by atomic mass is 9.86. The van der Waals surface area contributed by atoms with Crippen LogP contribution in [0.2, 0.25) is 0 Å². The molecule has 1 aromatic carbocycles. The summed E-state index contributed by atoms with van der Waals surface area (Å²) in [5.41, 5.74) is 3.12. The first-order chi connectivity index (χ1) is 10.2. The van der Waals surface area contributed by atoms with Crippen LogP contribution in [0.5, 0.6) is 0 Å². The van der Waals surface area contributed by atoms with Crippen LogP contribution in [-0.2, 0) is 22.3 Å². The number of fused-ring (bicyclic) bond motifs is 1. The molecule has 0 unspecified atom stereocenters. The van der Waals surface area contributed by atoms with E-state index in [0.29, 0.717) is 6.04 Å². The van der Waals surface area contributed by atoms with Crippen LogP contribution in [0, 0.1) is 3.57 Å². The molecule has 1 aromatic rings. The van der Waals surface area contributed by atoms with Gasteiger partial charge < -0.3 is 9.47 Å². The van der Waals surface area contributed by atoms with Gasteiger partial charge >= 0.3 is 0 Å². The van der Waals surface area contributed by atoms with Crippen LogP contribution in [0.1, 0.15) is 30.4 Å². The first kappa shape index (κ1) is 14.4. The summed E-state index contributed by atoms with van der Waals surface area (Å²) >= 11 is 2.41. The van der Waals surface area contributed by atoms with Crippen LogP contribution in [0.4, 0.5) is 0 Å². The molecule has 0 amide bonds. The minimum atomic E-state index is -0.237. The number of likely N-dealkylation sites (tertiary alicyclic amines) is 1. The number of piperidine rings is 1. The Labute approximate surface area is 140 Å². The highest BCUT2D eigenvalue weighted by Gasteiger charge is 2.41. The fourth-order valence-electron chi connectivity index (χ4n) is 4.03. The van der Waals surface area contributed by atoms with Gasteiger partial charge in [-0.05, 0) is 65.1 Å². The molecule has 1 atom stereocenters. The van der Waals surface area contributed by atoms with Gasteiger partial charge in [0.1, 0.15) is 0 Å². The van der Waals surface area contributed by atoms with Gasteiger partial charge in [0.25, 0.3) is 0 Å². The van der Waals surface area contributed by atoms with Gasteiger partial charge in [-0.3, -0.25) is 4.90 Å². The number of rotatable bonds is 1. The van der Waals surface area contributed by atoms with Crippen molar-refractivity contribution >= 4 is 22.6 Å². The van der Waals surface area contributed by atoms with Gasteiger partial charge in [-0.25, -0.2) is 0 Å². The third kappa shape index (κ3) is 2.87. The first-order valence-electron chi connectivity index (χ1n) is 8.03. The Morgan fingerprint density at radius 1 is 1.10 bits per heavy atom. The van der Waals surface area contributed by atoms with Gasteiger partial charge in [0.05, 0.1) is 13.2 Å². The van der Waals surface area contributed by atoms with Crippen molar-refractivity contribution in [1.82, 2.24) is 4.90 Å². The predicted octanol–water partition coefficient (Wildman–Crippen LogP) is 2.99. The molecule has 0 bridgehead atoms. The van der Waals surface area contributed by atoms with Crippen LogP contribution in [0.15, 0.2) is 18.2 Å². The number of benzene rings is 1. The topological polar surface area (TPSA) is 21.7 Å². The van der Waals surface area contributed by atoms with E-state index >= 15 is 0 Å². The summed E-state index contributed by atoms with van der Waals surface area (Å²) in [7, 11) is 0.